The van der Waals surface area contributed by atoms with E-state index in [0.29, 0.717) is 24.0 Å². The van der Waals surface area contributed by atoms with Crippen molar-refractivity contribution in [2.45, 2.75) is 45.6 Å². The fourth-order valence-electron chi connectivity index (χ4n) is 4.41. The van der Waals surface area contributed by atoms with Crippen molar-refractivity contribution in [3.05, 3.63) is 24.3 Å². The number of ether oxygens (including phenoxy) is 2. The highest BCUT2D eigenvalue weighted by molar-refractivity contribution is 5.84. The van der Waals surface area contributed by atoms with Crippen molar-refractivity contribution < 1.29 is 19.1 Å². The zero-order chi connectivity index (χ0) is 18.5. The average Bonchev–Trinajstić information content (AvgIpc) is 3.24. The first-order valence-corrected chi connectivity index (χ1v) is 9.51. The zero-order valence-corrected chi connectivity index (χ0v) is 15.5. The summed E-state index contributed by atoms with van der Waals surface area (Å²) in [6, 6.07) is 7.11. The Morgan fingerprint density at radius 1 is 1.27 bits per heavy atom. The number of carbonyl (C=O) groups excluding carboxylic acids is 2. The van der Waals surface area contributed by atoms with Crippen molar-refractivity contribution in [3.63, 3.8) is 0 Å². The summed E-state index contributed by atoms with van der Waals surface area (Å²) in [6.45, 7) is 4.12. The molecule has 0 radical (unpaired) electrons. The maximum absolute atomic E-state index is 12.2. The van der Waals surface area contributed by atoms with Crippen LogP contribution >= 0.6 is 0 Å². The van der Waals surface area contributed by atoms with Crippen LogP contribution in [0.3, 0.4) is 0 Å². The first-order chi connectivity index (χ1) is 12.5. The molecular weight excluding hydrogens is 332 g/mol. The van der Waals surface area contributed by atoms with Gasteiger partial charge in [0.05, 0.1) is 6.61 Å². The smallest absolute Gasteiger partial charge is 0.411 e. The minimum Gasteiger partial charge on any atom is -0.484 e. The van der Waals surface area contributed by atoms with Crippen LogP contribution in [0.2, 0.25) is 0 Å². The van der Waals surface area contributed by atoms with Gasteiger partial charge in [0.2, 0.25) is 0 Å². The van der Waals surface area contributed by atoms with Gasteiger partial charge in [-0.3, -0.25) is 10.1 Å². The summed E-state index contributed by atoms with van der Waals surface area (Å²) in [5.74, 6) is 2.68. The molecule has 1 aromatic rings. The molecule has 2 aliphatic carbocycles. The van der Waals surface area contributed by atoms with Gasteiger partial charge in [-0.05, 0) is 63.0 Å². The summed E-state index contributed by atoms with van der Waals surface area (Å²) in [6.07, 6.45) is 4.74. The molecular formula is C20H28N2O4. The fourth-order valence-corrected chi connectivity index (χ4v) is 4.41. The Morgan fingerprint density at radius 3 is 2.81 bits per heavy atom. The number of anilines is 1. The standard InChI is InChI=1S/C20H28N2O4/c1-3-25-20(24)22-16-5-4-6-17(11-16)26-12-19(23)21-13(2)18-10-14-7-8-15(18)9-14/h4-6,11,13-15,18H,3,7-10,12H2,1-2H3,(H,21,23)(H,22,24)/t13-,14-,15-,18+/m0/s1. The lowest BCUT2D eigenvalue weighted by molar-refractivity contribution is -0.124. The molecule has 2 aliphatic rings. The second-order valence-electron chi connectivity index (χ2n) is 7.36. The molecule has 0 unspecified atom stereocenters. The lowest BCUT2D eigenvalue weighted by Gasteiger charge is -2.28. The molecule has 2 N–H and O–H groups in total. The van der Waals surface area contributed by atoms with E-state index in [4.69, 9.17) is 9.47 Å². The summed E-state index contributed by atoms with van der Waals surface area (Å²) in [7, 11) is 0. The van der Waals surface area contributed by atoms with E-state index < -0.39 is 6.09 Å². The van der Waals surface area contributed by atoms with Crippen LogP contribution in [-0.4, -0.2) is 31.3 Å². The molecule has 4 atom stereocenters. The number of benzene rings is 1. The maximum Gasteiger partial charge on any atom is 0.411 e. The van der Waals surface area contributed by atoms with Crippen LogP contribution in [0.1, 0.15) is 39.5 Å². The van der Waals surface area contributed by atoms with Gasteiger partial charge in [0, 0.05) is 17.8 Å². The molecule has 2 fully saturated rings. The van der Waals surface area contributed by atoms with Gasteiger partial charge < -0.3 is 14.8 Å². The van der Waals surface area contributed by atoms with Crippen LogP contribution < -0.4 is 15.4 Å². The van der Waals surface area contributed by atoms with Gasteiger partial charge in [-0.25, -0.2) is 4.79 Å². The molecule has 142 valence electrons. The third-order valence-electron chi connectivity index (χ3n) is 5.55. The lowest BCUT2D eigenvalue weighted by Crippen LogP contribution is -2.42. The van der Waals surface area contributed by atoms with Gasteiger partial charge in [0.25, 0.3) is 5.91 Å². The van der Waals surface area contributed by atoms with E-state index in [1.807, 2.05) is 0 Å². The predicted molar refractivity (Wildman–Crippen MR) is 99.1 cm³/mol. The Hall–Kier alpha value is -2.24. The number of nitrogens with one attached hydrogen (secondary N) is 2. The third kappa shape index (κ3) is 4.68. The molecule has 1 aromatic carbocycles. The van der Waals surface area contributed by atoms with Gasteiger partial charge >= 0.3 is 6.09 Å². The van der Waals surface area contributed by atoms with Gasteiger partial charge in [-0.15, -0.1) is 0 Å². The number of carbonyl (C=O) groups is 2. The van der Waals surface area contributed by atoms with Crippen molar-refractivity contribution in [3.8, 4) is 5.75 Å². The SMILES string of the molecule is CCOC(=O)Nc1cccc(OCC(=O)N[C@@H](C)[C@H]2C[C@H]3CC[C@H]2C3)c1. The fraction of sp³-hybridized carbons (Fsp3) is 0.600. The van der Waals surface area contributed by atoms with Crippen molar-refractivity contribution in [2.24, 2.45) is 17.8 Å². The summed E-state index contributed by atoms with van der Waals surface area (Å²) in [4.78, 5) is 23.7. The molecule has 3 rings (SSSR count). The van der Waals surface area contributed by atoms with E-state index in [9.17, 15) is 9.59 Å². The van der Waals surface area contributed by atoms with Gasteiger partial charge in [0.1, 0.15) is 5.75 Å². The summed E-state index contributed by atoms with van der Waals surface area (Å²) < 4.78 is 10.4. The van der Waals surface area contributed by atoms with E-state index in [2.05, 4.69) is 17.6 Å². The van der Waals surface area contributed by atoms with Crippen LogP contribution in [0.5, 0.6) is 5.75 Å². The second-order valence-corrected chi connectivity index (χ2v) is 7.36. The molecule has 6 heteroatoms. The van der Waals surface area contributed by atoms with Crippen LogP contribution in [0.25, 0.3) is 0 Å². The minimum atomic E-state index is -0.512. The summed E-state index contributed by atoms with van der Waals surface area (Å²) in [5, 5.41) is 5.70. The molecule has 0 saturated heterocycles. The highest BCUT2D eigenvalue weighted by Crippen LogP contribution is 2.49. The monoisotopic (exact) mass is 360 g/mol. The highest BCUT2D eigenvalue weighted by Gasteiger charge is 2.42. The van der Waals surface area contributed by atoms with Crippen molar-refractivity contribution >= 4 is 17.7 Å². The molecule has 2 saturated carbocycles. The molecule has 0 aromatic heterocycles. The first-order valence-electron chi connectivity index (χ1n) is 9.51. The average molecular weight is 360 g/mol. The number of hydrogen-bond donors (Lipinski definition) is 2. The zero-order valence-electron chi connectivity index (χ0n) is 15.5. The van der Waals surface area contributed by atoms with Crippen molar-refractivity contribution in [1.29, 1.82) is 0 Å². The molecule has 2 bridgehead atoms. The number of rotatable bonds is 7. The van der Waals surface area contributed by atoms with E-state index in [1.54, 1.807) is 31.2 Å². The maximum atomic E-state index is 12.2. The molecule has 26 heavy (non-hydrogen) atoms. The topological polar surface area (TPSA) is 76.7 Å². The largest absolute Gasteiger partial charge is 0.484 e. The predicted octanol–water partition coefficient (Wildman–Crippen LogP) is 3.57. The number of amides is 2. The first kappa shape index (κ1) is 18.5. The molecule has 0 heterocycles. The van der Waals surface area contributed by atoms with Crippen molar-refractivity contribution in [1.82, 2.24) is 5.32 Å². The third-order valence-corrected chi connectivity index (χ3v) is 5.55. The van der Waals surface area contributed by atoms with Gasteiger partial charge in [-0.1, -0.05) is 12.5 Å². The number of hydrogen-bond acceptors (Lipinski definition) is 4. The lowest BCUT2D eigenvalue weighted by atomic mass is 9.84. The Kier molecular flexibility index (Phi) is 6.01. The molecule has 2 amide bonds. The Labute approximate surface area is 154 Å². The number of fused-ring (bicyclic) bond motifs is 2. The van der Waals surface area contributed by atoms with E-state index >= 15 is 0 Å². The second kappa shape index (κ2) is 8.43. The highest BCUT2D eigenvalue weighted by atomic mass is 16.5. The van der Waals surface area contributed by atoms with Gasteiger partial charge in [-0.2, -0.15) is 0 Å². The summed E-state index contributed by atoms with van der Waals surface area (Å²) in [5.41, 5.74) is 0.566. The van der Waals surface area contributed by atoms with E-state index in [1.165, 1.54) is 25.7 Å². The van der Waals surface area contributed by atoms with Crippen LogP contribution in [0.4, 0.5) is 10.5 Å². The molecule has 0 spiro atoms. The quantitative estimate of drug-likeness (QED) is 0.779. The molecule has 0 aliphatic heterocycles. The minimum absolute atomic E-state index is 0.0337. The van der Waals surface area contributed by atoms with Crippen LogP contribution in [-0.2, 0) is 9.53 Å². The van der Waals surface area contributed by atoms with Crippen LogP contribution in [0, 0.1) is 17.8 Å². The summed E-state index contributed by atoms with van der Waals surface area (Å²) >= 11 is 0. The van der Waals surface area contributed by atoms with Crippen molar-refractivity contribution in [2.75, 3.05) is 18.5 Å². The van der Waals surface area contributed by atoms with E-state index in [-0.39, 0.29) is 18.6 Å². The van der Waals surface area contributed by atoms with Crippen LogP contribution in [0.15, 0.2) is 24.3 Å². The normalized spacial score (nSPS) is 24.8. The van der Waals surface area contributed by atoms with E-state index in [0.717, 1.165) is 11.8 Å². The Morgan fingerprint density at radius 2 is 2.12 bits per heavy atom. The molecule has 6 nitrogen and oxygen atoms in total. The Bertz CT molecular complexity index is 648. The van der Waals surface area contributed by atoms with Gasteiger partial charge in [0.15, 0.2) is 6.61 Å². The Balaban J connectivity index is 1.44.